The minimum Gasteiger partial charge on any atom is -0.370 e. The molecule has 0 aromatic heterocycles. The SMILES string of the molecule is CC(C#N)(Cc1ccccc1)C(=O)C1CCCCO1. The van der Waals surface area contributed by atoms with Gasteiger partial charge in [0.25, 0.3) is 0 Å². The molecule has 0 saturated carbocycles. The van der Waals surface area contributed by atoms with Crippen molar-refractivity contribution in [2.45, 2.75) is 38.7 Å². The van der Waals surface area contributed by atoms with Crippen molar-refractivity contribution in [3.63, 3.8) is 0 Å². The third-order valence-electron chi connectivity index (χ3n) is 3.66. The van der Waals surface area contributed by atoms with Gasteiger partial charge in [-0.15, -0.1) is 0 Å². The molecule has 0 radical (unpaired) electrons. The van der Waals surface area contributed by atoms with E-state index in [4.69, 9.17) is 4.74 Å². The van der Waals surface area contributed by atoms with Gasteiger partial charge in [0.05, 0.1) is 6.07 Å². The van der Waals surface area contributed by atoms with E-state index >= 15 is 0 Å². The fourth-order valence-corrected chi connectivity index (χ4v) is 2.49. The van der Waals surface area contributed by atoms with Crippen molar-refractivity contribution in [2.24, 2.45) is 5.41 Å². The normalized spacial score (nSPS) is 22.2. The van der Waals surface area contributed by atoms with Gasteiger partial charge < -0.3 is 4.74 Å². The summed E-state index contributed by atoms with van der Waals surface area (Å²) in [5.74, 6) is -0.0708. The van der Waals surface area contributed by atoms with Gasteiger partial charge >= 0.3 is 0 Å². The molecule has 100 valence electrons. The molecule has 3 heteroatoms. The number of hydrogen-bond donors (Lipinski definition) is 0. The van der Waals surface area contributed by atoms with E-state index < -0.39 is 11.5 Å². The molecule has 19 heavy (non-hydrogen) atoms. The molecular formula is C16H19NO2. The van der Waals surface area contributed by atoms with Crippen LogP contribution in [0.15, 0.2) is 30.3 Å². The van der Waals surface area contributed by atoms with Gasteiger partial charge in [-0.2, -0.15) is 5.26 Å². The van der Waals surface area contributed by atoms with Crippen LogP contribution in [0.3, 0.4) is 0 Å². The van der Waals surface area contributed by atoms with E-state index in [-0.39, 0.29) is 5.78 Å². The Morgan fingerprint density at radius 3 is 2.74 bits per heavy atom. The third-order valence-corrected chi connectivity index (χ3v) is 3.66. The average Bonchev–Trinajstić information content (AvgIpc) is 2.48. The molecule has 1 aromatic rings. The Kier molecular flexibility index (Phi) is 4.34. The number of hydrogen-bond acceptors (Lipinski definition) is 3. The average molecular weight is 257 g/mol. The molecule has 2 unspecified atom stereocenters. The highest BCUT2D eigenvalue weighted by Crippen LogP contribution is 2.28. The predicted molar refractivity (Wildman–Crippen MR) is 72.5 cm³/mol. The van der Waals surface area contributed by atoms with Gasteiger partial charge in [-0.1, -0.05) is 30.3 Å². The lowest BCUT2D eigenvalue weighted by molar-refractivity contribution is -0.140. The third kappa shape index (κ3) is 3.21. The molecule has 0 aliphatic carbocycles. The molecule has 2 rings (SSSR count). The zero-order chi connectivity index (χ0) is 13.7. The first-order valence-corrected chi connectivity index (χ1v) is 6.77. The van der Waals surface area contributed by atoms with Gasteiger partial charge in [-0.3, -0.25) is 4.79 Å². The molecule has 1 aromatic carbocycles. The summed E-state index contributed by atoms with van der Waals surface area (Å²) >= 11 is 0. The van der Waals surface area contributed by atoms with Crippen LogP contribution in [-0.2, 0) is 16.0 Å². The van der Waals surface area contributed by atoms with E-state index in [0.717, 1.165) is 24.8 Å². The number of nitrogens with zero attached hydrogens (tertiary/aromatic N) is 1. The molecule has 3 nitrogen and oxygen atoms in total. The number of rotatable bonds is 4. The molecule has 2 atom stereocenters. The Labute approximate surface area is 114 Å². The van der Waals surface area contributed by atoms with Crippen LogP contribution < -0.4 is 0 Å². The molecule has 1 heterocycles. The molecule has 1 fully saturated rings. The Balaban J connectivity index is 2.13. The van der Waals surface area contributed by atoms with Crippen LogP contribution in [0, 0.1) is 16.7 Å². The summed E-state index contributed by atoms with van der Waals surface area (Å²) in [6, 6.07) is 11.9. The maximum absolute atomic E-state index is 12.5. The number of ether oxygens (including phenoxy) is 1. The van der Waals surface area contributed by atoms with Gasteiger partial charge in [0.2, 0.25) is 0 Å². The maximum Gasteiger partial charge on any atom is 0.181 e. The second kappa shape index (κ2) is 5.99. The first kappa shape index (κ1) is 13.8. The Bertz CT molecular complexity index is 471. The van der Waals surface area contributed by atoms with Crippen LogP contribution in [0.5, 0.6) is 0 Å². The molecule has 0 N–H and O–H groups in total. The predicted octanol–water partition coefficient (Wildman–Crippen LogP) is 2.90. The van der Waals surface area contributed by atoms with Gasteiger partial charge in [0.1, 0.15) is 11.5 Å². The van der Waals surface area contributed by atoms with Crippen LogP contribution >= 0.6 is 0 Å². The Morgan fingerprint density at radius 2 is 2.16 bits per heavy atom. The number of ketones is 1. The number of Topliss-reactive ketones (excluding diaryl/α,β-unsaturated/α-hetero) is 1. The Morgan fingerprint density at radius 1 is 1.42 bits per heavy atom. The second-order valence-corrected chi connectivity index (χ2v) is 5.33. The van der Waals surface area contributed by atoms with Gasteiger partial charge in [0, 0.05) is 6.61 Å². The summed E-state index contributed by atoms with van der Waals surface area (Å²) in [6.45, 7) is 2.35. The molecule has 1 aliphatic heterocycles. The van der Waals surface area contributed by atoms with Crippen LogP contribution in [0.25, 0.3) is 0 Å². The van der Waals surface area contributed by atoms with Crippen LogP contribution in [-0.4, -0.2) is 18.5 Å². The van der Waals surface area contributed by atoms with Crippen molar-refractivity contribution in [1.82, 2.24) is 0 Å². The number of carbonyl (C=O) groups is 1. The standard InChI is InChI=1S/C16H19NO2/c1-16(12-17,11-13-7-3-2-4-8-13)15(18)14-9-5-6-10-19-14/h2-4,7-8,14H,5-6,9-11H2,1H3. The van der Waals surface area contributed by atoms with E-state index in [1.54, 1.807) is 6.92 Å². The van der Waals surface area contributed by atoms with Crippen molar-refractivity contribution in [3.05, 3.63) is 35.9 Å². The zero-order valence-electron chi connectivity index (χ0n) is 11.3. The Hall–Kier alpha value is -1.66. The summed E-state index contributed by atoms with van der Waals surface area (Å²) in [5.41, 5.74) is 0.0132. The highest BCUT2D eigenvalue weighted by Gasteiger charge is 2.39. The molecule has 1 aliphatic rings. The van der Waals surface area contributed by atoms with Crippen molar-refractivity contribution in [2.75, 3.05) is 6.61 Å². The first-order valence-electron chi connectivity index (χ1n) is 6.77. The molecule has 0 bridgehead atoms. The van der Waals surface area contributed by atoms with Crippen molar-refractivity contribution in [3.8, 4) is 6.07 Å². The van der Waals surface area contributed by atoms with Crippen molar-refractivity contribution in [1.29, 1.82) is 5.26 Å². The lowest BCUT2D eigenvalue weighted by Crippen LogP contribution is -2.40. The number of nitriles is 1. The number of benzene rings is 1. The molecule has 1 saturated heterocycles. The second-order valence-electron chi connectivity index (χ2n) is 5.33. The smallest absolute Gasteiger partial charge is 0.181 e. The van der Waals surface area contributed by atoms with E-state index in [0.29, 0.717) is 13.0 Å². The van der Waals surface area contributed by atoms with Gasteiger partial charge in [0.15, 0.2) is 5.78 Å². The van der Waals surface area contributed by atoms with Crippen molar-refractivity contribution >= 4 is 5.78 Å². The number of carbonyl (C=O) groups excluding carboxylic acids is 1. The first-order chi connectivity index (χ1) is 9.15. The minimum atomic E-state index is -0.997. The van der Waals surface area contributed by atoms with E-state index in [1.807, 2.05) is 30.3 Å². The maximum atomic E-state index is 12.5. The summed E-state index contributed by atoms with van der Waals surface area (Å²) in [7, 11) is 0. The van der Waals surface area contributed by atoms with Crippen LogP contribution in [0.2, 0.25) is 0 Å². The van der Waals surface area contributed by atoms with Crippen LogP contribution in [0.1, 0.15) is 31.7 Å². The minimum absolute atomic E-state index is 0.0708. The fourth-order valence-electron chi connectivity index (χ4n) is 2.49. The molecule has 0 spiro atoms. The highest BCUT2D eigenvalue weighted by molar-refractivity contribution is 5.91. The lowest BCUT2D eigenvalue weighted by Gasteiger charge is -2.28. The summed E-state index contributed by atoms with van der Waals surface area (Å²) in [4.78, 5) is 12.5. The van der Waals surface area contributed by atoms with Crippen molar-refractivity contribution < 1.29 is 9.53 Å². The topological polar surface area (TPSA) is 50.1 Å². The van der Waals surface area contributed by atoms with Crippen LogP contribution in [0.4, 0.5) is 0 Å². The van der Waals surface area contributed by atoms with E-state index in [1.165, 1.54) is 0 Å². The summed E-state index contributed by atoms with van der Waals surface area (Å²) in [6.07, 6.45) is 2.80. The van der Waals surface area contributed by atoms with Gasteiger partial charge in [-0.25, -0.2) is 0 Å². The van der Waals surface area contributed by atoms with E-state index in [9.17, 15) is 10.1 Å². The summed E-state index contributed by atoms with van der Waals surface area (Å²) in [5, 5.41) is 9.42. The quantitative estimate of drug-likeness (QED) is 0.833. The molecule has 0 amide bonds. The van der Waals surface area contributed by atoms with Gasteiger partial charge in [-0.05, 0) is 38.2 Å². The fraction of sp³-hybridized carbons (Fsp3) is 0.500. The lowest BCUT2D eigenvalue weighted by atomic mass is 9.78. The largest absolute Gasteiger partial charge is 0.370 e. The summed E-state index contributed by atoms with van der Waals surface area (Å²) < 4.78 is 5.52. The van der Waals surface area contributed by atoms with E-state index in [2.05, 4.69) is 6.07 Å². The zero-order valence-corrected chi connectivity index (χ0v) is 11.3. The highest BCUT2D eigenvalue weighted by atomic mass is 16.5. The monoisotopic (exact) mass is 257 g/mol. The molecular weight excluding hydrogens is 238 g/mol.